The highest BCUT2D eigenvalue weighted by Gasteiger charge is 2.30. The molecule has 1 N–H and O–H groups in total. The van der Waals surface area contributed by atoms with Crippen LogP contribution in [0.25, 0.3) is 11.5 Å². The highest BCUT2D eigenvalue weighted by molar-refractivity contribution is 5.82. The van der Waals surface area contributed by atoms with E-state index < -0.39 is 0 Å². The van der Waals surface area contributed by atoms with Gasteiger partial charge < -0.3 is 9.84 Å². The van der Waals surface area contributed by atoms with Gasteiger partial charge in [-0.1, -0.05) is 54.5 Å². The van der Waals surface area contributed by atoms with Gasteiger partial charge in [-0.15, -0.1) is 0 Å². The number of likely N-dealkylation sites (N-methyl/N-ethyl adjacent to an activating group) is 1. The average Bonchev–Trinajstić information content (AvgIpc) is 3.20. The van der Waals surface area contributed by atoms with Gasteiger partial charge in [-0.05, 0) is 36.2 Å². The maximum Gasteiger partial charge on any atom is 0.257 e. The molecule has 138 valence electrons. The van der Waals surface area contributed by atoms with Gasteiger partial charge in [-0.25, -0.2) is 0 Å². The van der Waals surface area contributed by atoms with Crippen LogP contribution in [0.15, 0.2) is 59.1 Å². The van der Waals surface area contributed by atoms with Crippen molar-refractivity contribution in [3.8, 4) is 11.5 Å². The fraction of sp³-hybridized carbons (Fsp3) is 0.286. The van der Waals surface area contributed by atoms with E-state index in [1.54, 1.807) is 0 Å². The van der Waals surface area contributed by atoms with E-state index in [0.29, 0.717) is 11.7 Å². The molecule has 0 saturated carbocycles. The maximum absolute atomic E-state index is 12.8. The fourth-order valence-corrected chi connectivity index (χ4v) is 3.48. The third kappa shape index (κ3) is 3.75. The van der Waals surface area contributed by atoms with Gasteiger partial charge >= 0.3 is 0 Å². The summed E-state index contributed by atoms with van der Waals surface area (Å²) in [5, 5.41) is 6.93. The number of hydrogen-bond acceptors (Lipinski definition) is 5. The van der Waals surface area contributed by atoms with Gasteiger partial charge in [0, 0.05) is 12.1 Å². The van der Waals surface area contributed by atoms with Gasteiger partial charge in [0.15, 0.2) is 5.82 Å². The molecule has 2 heterocycles. The van der Waals surface area contributed by atoms with Gasteiger partial charge in [-0.2, -0.15) is 4.98 Å². The Balaban J connectivity index is 1.41. The fourth-order valence-electron chi connectivity index (χ4n) is 3.48. The molecule has 1 aromatic heterocycles. The quantitative estimate of drug-likeness (QED) is 0.756. The van der Waals surface area contributed by atoms with Gasteiger partial charge in [0.2, 0.25) is 5.91 Å². The molecule has 0 saturated heterocycles. The molecule has 0 spiro atoms. The lowest BCUT2D eigenvalue weighted by atomic mass is 9.93. The molecule has 3 aromatic rings. The highest BCUT2D eigenvalue weighted by Crippen LogP contribution is 2.23. The van der Waals surface area contributed by atoms with E-state index in [4.69, 9.17) is 4.52 Å². The van der Waals surface area contributed by atoms with E-state index in [2.05, 4.69) is 39.4 Å². The minimum absolute atomic E-state index is 0.00239. The van der Waals surface area contributed by atoms with Crippen LogP contribution in [0.1, 0.15) is 23.9 Å². The van der Waals surface area contributed by atoms with Crippen LogP contribution in [0.4, 0.5) is 0 Å². The van der Waals surface area contributed by atoms with Crippen LogP contribution >= 0.6 is 0 Å². The van der Waals surface area contributed by atoms with Crippen molar-refractivity contribution in [2.45, 2.75) is 32.5 Å². The number of rotatable bonds is 5. The Morgan fingerprint density at radius 1 is 1.15 bits per heavy atom. The minimum atomic E-state index is -0.176. The van der Waals surface area contributed by atoms with Crippen LogP contribution in [0.5, 0.6) is 0 Å². The van der Waals surface area contributed by atoms with Crippen molar-refractivity contribution < 1.29 is 9.32 Å². The Labute approximate surface area is 158 Å². The van der Waals surface area contributed by atoms with Gasteiger partial charge in [0.1, 0.15) is 0 Å². The summed E-state index contributed by atoms with van der Waals surface area (Å²) in [6, 6.07) is 17.7. The van der Waals surface area contributed by atoms with Gasteiger partial charge in [-0.3, -0.25) is 9.69 Å². The molecule has 2 aromatic carbocycles. The molecule has 0 fully saturated rings. The van der Waals surface area contributed by atoms with E-state index in [0.717, 1.165) is 25.1 Å². The molecule has 1 aliphatic heterocycles. The van der Waals surface area contributed by atoms with E-state index in [1.165, 1.54) is 11.1 Å². The van der Waals surface area contributed by atoms with E-state index in [1.807, 2.05) is 42.5 Å². The van der Waals surface area contributed by atoms with Gasteiger partial charge in [0.25, 0.3) is 5.89 Å². The lowest BCUT2D eigenvalue weighted by Gasteiger charge is -2.35. The number of hydrogen-bond donors (Lipinski definition) is 1. The molecule has 0 aliphatic carbocycles. The predicted molar refractivity (Wildman–Crippen MR) is 102 cm³/mol. The Morgan fingerprint density at radius 2 is 1.89 bits per heavy atom. The largest absolute Gasteiger partial charge is 0.347 e. The molecule has 6 heteroatoms. The molecule has 27 heavy (non-hydrogen) atoms. The summed E-state index contributed by atoms with van der Waals surface area (Å²) in [6.45, 7) is 3.96. The number of amides is 1. The first kappa shape index (κ1) is 17.4. The third-order valence-electron chi connectivity index (χ3n) is 4.96. The number of fused-ring (bicyclic) bond motifs is 1. The number of aromatic nitrogens is 2. The van der Waals surface area contributed by atoms with Crippen molar-refractivity contribution in [2.24, 2.45) is 0 Å². The van der Waals surface area contributed by atoms with E-state index in [-0.39, 0.29) is 18.5 Å². The molecule has 0 bridgehead atoms. The van der Waals surface area contributed by atoms with Crippen molar-refractivity contribution in [3.05, 3.63) is 71.5 Å². The van der Waals surface area contributed by atoms with Crippen LogP contribution in [-0.2, 0) is 24.3 Å². The van der Waals surface area contributed by atoms with Crippen molar-refractivity contribution in [3.63, 3.8) is 0 Å². The molecule has 1 amide bonds. The minimum Gasteiger partial charge on any atom is -0.347 e. The normalized spacial score (nSPS) is 16.7. The van der Waals surface area contributed by atoms with Crippen LogP contribution < -0.4 is 5.32 Å². The van der Waals surface area contributed by atoms with Crippen LogP contribution in [0.2, 0.25) is 0 Å². The predicted octanol–water partition coefficient (Wildman–Crippen LogP) is 2.80. The molecule has 1 unspecified atom stereocenters. The first-order chi connectivity index (χ1) is 13.2. The molecule has 1 aliphatic rings. The molecule has 4 rings (SSSR count). The van der Waals surface area contributed by atoms with Crippen molar-refractivity contribution in [1.82, 2.24) is 20.4 Å². The number of nitrogens with zero attached hydrogens (tertiary/aromatic N) is 3. The van der Waals surface area contributed by atoms with Crippen LogP contribution in [0, 0.1) is 0 Å². The summed E-state index contributed by atoms with van der Waals surface area (Å²) in [4.78, 5) is 19.4. The second kappa shape index (κ2) is 7.72. The summed E-state index contributed by atoms with van der Waals surface area (Å²) in [5.41, 5.74) is 3.41. The number of carbonyl (C=O) groups is 1. The molecule has 6 nitrogen and oxygen atoms in total. The zero-order valence-corrected chi connectivity index (χ0v) is 15.3. The summed E-state index contributed by atoms with van der Waals surface area (Å²) in [7, 11) is 0. The lowest BCUT2D eigenvalue weighted by molar-refractivity contribution is -0.127. The van der Waals surface area contributed by atoms with Crippen molar-refractivity contribution in [2.75, 3.05) is 6.54 Å². The number of carbonyl (C=O) groups excluding carboxylic acids is 1. The topological polar surface area (TPSA) is 71.3 Å². The standard InChI is InChI=1S/C21H22N4O2/c1-2-25-14-17-11-7-6-10-16(17)12-18(25)20(26)22-13-19-23-21(27-24-19)15-8-4-3-5-9-15/h3-11,18H,2,12-14H2,1H3,(H,22,26). The first-order valence-corrected chi connectivity index (χ1v) is 9.21. The summed E-state index contributed by atoms with van der Waals surface area (Å²) in [6.07, 6.45) is 0.720. The smallest absolute Gasteiger partial charge is 0.257 e. The van der Waals surface area contributed by atoms with Crippen LogP contribution in [0.3, 0.4) is 0 Å². The SMILES string of the molecule is CCN1Cc2ccccc2CC1C(=O)NCc1noc(-c2ccccc2)n1. The summed E-state index contributed by atoms with van der Waals surface area (Å²) >= 11 is 0. The first-order valence-electron chi connectivity index (χ1n) is 9.21. The number of nitrogens with one attached hydrogen (secondary N) is 1. The zero-order chi connectivity index (χ0) is 18.6. The molecular weight excluding hydrogens is 340 g/mol. The van der Waals surface area contributed by atoms with Crippen LogP contribution in [-0.4, -0.2) is 33.5 Å². The highest BCUT2D eigenvalue weighted by atomic mass is 16.5. The molecular formula is C21H22N4O2. The van der Waals surface area contributed by atoms with Crippen molar-refractivity contribution >= 4 is 5.91 Å². The Hall–Kier alpha value is -2.99. The van der Waals surface area contributed by atoms with E-state index >= 15 is 0 Å². The Morgan fingerprint density at radius 3 is 2.67 bits per heavy atom. The van der Waals surface area contributed by atoms with Gasteiger partial charge in [0.05, 0.1) is 12.6 Å². The van der Waals surface area contributed by atoms with E-state index in [9.17, 15) is 4.79 Å². The maximum atomic E-state index is 12.8. The second-order valence-electron chi connectivity index (χ2n) is 6.65. The Kier molecular flexibility index (Phi) is 4.98. The zero-order valence-electron chi connectivity index (χ0n) is 15.3. The van der Waals surface area contributed by atoms with Crippen molar-refractivity contribution in [1.29, 1.82) is 0 Å². The average molecular weight is 362 g/mol. The monoisotopic (exact) mass is 362 g/mol. The molecule has 1 atom stereocenters. The number of benzene rings is 2. The molecule has 0 radical (unpaired) electrons. The summed E-state index contributed by atoms with van der Waals surface area (Å²) in [5.74, 6) is 0.931. The second-order valence-corrected chi connectivity index (χ2v) is 6.65. The summed E-state index contributed by atoms with van der Waals surface area (Å²) < 4.78 is 5.29. The lowest BCUT2D eigenvalue weighted by Crippen LogP contribution is -2.50. The Bertz CT molecular complexity index is 923. The third-order valence-corrected chi connectivity index (χ3v) is 4.96.